The topological polar surface area (TPSA) is 64.4 Å². The van der Waals surface area contributed by atoms with E-state index in [0.717, 1.165) is 6.54 Å². The number of amides is 2. The second-order valence-corrected chi connectivity index (χ2v) is 5.60. The van der Waals surface area contributed by atoms with Crippen molar-refractivity contribution in [1.29, 1.82) is 5.26 Å². The molecule has 1 heterocycles. The highest BCUT2D eigenvalue weighted by molar-refractivity contribution is 6.21. The summed E-state index contributed by atoms with van der Waals surface area (Å²) in [4.78, 5) is 27.9. The Morgan fingerprint density at radius 1 is 1.19 bits per heavy atom. The van der Waals surface area contributed by atoms with Crippen LogP contribution in [0.15, 0.2) is 24.3 Å². The van der Waals surface area contributed by atoms with Gasteiger partial charge in [-0.15, -0.1) is 0 Å². The van der Waals surface area contributed by atoms with Gasteiger partial charge in [0.15, 0.2) is 0 Å². The molecule has 110 valence electrons. The largest absolute Gasteiger partial charge is 0.284 e. The van der Waals surface area contributed by atoms with Crippen molar-refractivity contribution in [3.63, 3.8) is 0 Å². The van der Waals surface area contributed by atoms with Crippen LogP contribution < -0.4 is 0 Å². The lowest BCUT2D eigenvalue weighted by Gasteiger charge is -2.27. The smallest absolute Gasteiger partial charge is 0.262 e. The predicted molar refractivity (Wildman–Crippen MR) is 78.5 cm³/mol. The molecule has 1 aliphatic heterocycles. The zero-order chi connectivity index (χ0) is 15.4. The maximum absolute atomic E-state index is 12.3. The van der Waals surface area contributed by atoms with Gasteiger partial charge in [-0.3, -0.25) is 19.4 Å². The van der Waals surface area contributed by atoms with E-state index in [2.05, 4.69) is 19.9 Å². The van der Waals surface area contributed by atoms with Crippen molar-refractivity contribution < 1.29 is 9.59 Å². The Morgan fingerprint density at radius 3 is 2.24 bits per heavy atom. The number of nitrogens with zero attached hydrogens (tertiary/aromatic N) is 3. The minimum Gasteiger partial charge on any atom is -0.284 e. The molecule has 0 N–H and O–H groups in total. The van der Waals surface area contributed by atoms with E-state index in [9.17, 15) is 9.59 Å². The molecular weight excluding hydrogens is 266 g/mol. The van der Waals surface area contributed by atoms with Crippen LogP contribution in [-0.2, 0) is 0 Å². The summed E-state index contributed by atoms with van der Waals surface area (Å²) < 4.78 is 0. The van der Waals surface area contributed by atoms with Crippen LogP contribution in [0, 0.1) is 17.2 Å². The van der Waals surface area contributed by atoms with Crippen molar-refractivity contribution >= 4 is 11.8 Å². The third kappa shape index (κ3) is 3.29. The van der Waals surface area contributed by atoms with Gasteiger partial charge in [0.05, 0.1) is 23.9 Å². The molecule has 0 aliphatic carbocycles. The van der Waals surface area contributed by atoms with E-state index in [1.165, 1.54) is 4.90 Å². The highest BCUT2D eigenvalue weighted by Gasteiger charge is 2.35. The summed E-state index contributed by atoms with van der Waals surface area (Å²) in [6.45, 7) is 5.69. The van der Waals surface area contributed by atoms with Gasteiger partial charge >= 0.3 is 0 Å². The standard InChI is InChI=1S/C16H19N3O2/c1-12(2)10-18(9-5-8-17)11-19-15(20)13-6-3-4-7-14(13)16(19)21/h3-4,6-7,12H,5,9-11H2,1-2H3. The lowest BCUT2D eigenvalue weighted by atomic mass is 10.1. The van der Waals surface area contributed by atoms with Gasteiger partial charge in [-0.25, -0.2) is 0 Å². The first kappa shape index (κ1) is 15.2. The zero-order valence-corrected chi connectivity index (χ0v) is 12.4. The van der Waals surface area contributed by atoms with Crippen molar-refractivity contribution in [2.24, 2.45) is 5.92 Å². The quantitative estimate of drug-likeness (QED) is 0.751. The number of imide groups is 1. The van der Waals surface area contributed by atoms with Crippen LogP contribution in [-0.4, -0.2) is 41.4 Å². The summed E-state index contributed by atoms with van der Waals surface area (Å²) in [5.74, 6) is -0.0958. The summed E-state index contributed by atoms with van der Waals surface area (Å²) in [5.41, 5.74) is 0.930. The third-order valence-corrected chi connectivity index (χ3v) is 3.38. The molecular formula is C16H19N3O2. The number of hydrogen-bond acceptors (Lipinski definition) is 4. The van der Waals surface area contributed by atoms with Crippen LogP contribution in [0.2, 0.25) is 0 Å². The lowest BCUT2D eigenvalue weighted by molar-refractivity contribution is 0.0530. The number of carbonyl (C=O) groups is 2. The second-order valence-electron chi connectivity index (χ2n) is 5.60. The first-order valence-electron chi connectivity index (χ1n) is 7.09. The maximum Gasteiger partial charge on any atom is 0.262 e. The van der Waals surface area contributed by atoms with E-state index in [0.29, 0.717) is 30.0 Å². The van der Waals surface area contributed by atoms with Crippen molar-refractivity contribution in [3.05, 3.63) is 35.4 Å². The van der Waals surface area contributed by atoms with Gasteiger partial charge in [-0.05, 0) is 18.1 Å². The molecule has 0 bridgehead atoms. The molecule has 1 aromatic carbocycles. The number of nitriles is 1. The van der Waals surface area contributed by atoms with Crippen LogP contribution in [0.3, 0.4) is 0 Å². The van der Waals surface area contributed by atoms with E-state index in [4.69, 9.17) is 5.26 Å². The number of fused-ring (bicyclic) bond motifs is 1. The summed E-state index contributed by atoms with van der Waals surface area (Å²) in [6, 6.07) is 8.98. The molecule has 5 nitrogen and oxygen atoms in total. The predicted octanol–water partition coefficient (Wildman–Crippen LogP) is 2.11. The van der Waals surface area contributed by atoms with Gasteiger partial charge in [-0.2, -0.15) is 5.26 Å². The molecule has 0 fully saturated rings. The van der Waals surface area contributed by atoms with Crippen molar-refractivity contribution in [2.45, 2.75) is 20.3 Å². The summed E-state index contributed by atoms with van der Waals surface area (Å²) in [7, 11) is 0. The van der Waals surface area contributed by atoms with Gasteiger partial charge in [0.1, 0.15) is 0 Å². The molecule has 2 rings (SSSR count). The van der Waals surface area contributed by atoms with Crippen molar-refractivity contribution in [3.8, 4) is 6.07 Å². The molecule has 0 aromatic heterocycles. The van der Waals surface area contributed by atoms with Gasteiger partial charge in [0.25, 0.3) is 11.8 Å². The van der Waals surface area contributed by atoms with Gasteiger partial charge in [0.2, 0.25) is 0 Å². The molecule has 21 heavy (non-hydrogen) atoms. The van der Waals surface area contributed by atoms with Gasteiger partial charge in [-0.1, -0.05) is 26.0 Å². The first-order chi connectivity index (χ1) is 10.0. The fraction of sp³-hybridized carbons (Fsp3) is 0.438. The number of carbonyl (C=O) groups excluding carboxylic acids is 2. The van der Waals surface area contributed by atoms with E-state index >= 15 is 0 Å². The van der Waals surface area contributed by atoms with Gasteiger partial charge < -0.3 is 0 Å². The highest BCUT2D eigenvalue weighted by atomic mass is 16.2. The molecule has 0 saturated carbocycles. The first-order valence-corrected chi connectivity index (χ1v) is 7.09. The van der Waals surface area contributed by atoms with Crippen LogP contribution in [0.5, 0.6) is 0 Å². The monoisotopic (exact) mass is 285 g/mol. The molecule has 5 heteroatoms. The normalized spacial score (nSPS) is 14.0. The summed E-state index contributed by atoms with van der Waals surface area (Å²) in [6.07, 6.45) is 0.385. The van der Waals surface area contributed by atoms with Crippen LogP contribution in [0.1, 0.15) is 41.0 Å². The van der Waals surface area contributed by atoms with Crippen LogP contribution >= 0.6 is 0 Å². The Bertz CT molecular complexity index is 554. The van der Waals surface area contributed by atoms with Crippen molar-refractivity contribution in [2.75, 3.05) is 19.8 Å². The molecule has 0 radical (unpaired) electrons. The van der Waals surface area contributed by atoms with E-state index < -0.39 is 0 Å². The van der Waals surface area contributed by atoms with Crippen molar-refractivity contribution in [1.82, 2.24) is 9.80 Å². The minimum atomic E-state index is -0.249. The Morgan fingerprint density at radius 2 is 1.76 bits per heavy atom. The Labute approximate surface area is 124 Å². The second kappa shape index (κ2) is 6.51. The van der Waals surface area contributed by atoms with Crippen LogP contribution in [0.25, 0.3) is 0 Å². The fourth-order valence-corrected chi connectivity index (χ4v) is 2.51. The molecule has 1 aromatic rings. The zero-order valence-electron chi connectivity index (χ0n) is 12.4. The van der Waals surface area contributed by atoms with E-state index in [1.54, 1.807) is 24.3 Å². The SMILES string of the molecule is CC(C)CN(CCC#N)CN1C(=O)c2ccccc2C1=O. The minimum absolute atomic E-state index is 0.242. The summed E-state index contributed by atoms with van der Waals surface area (Å²) in [5, 5.41) is 8.73. The Balaban J connectivity index is 2.13. The van der Waals surface area contributed by atoms with Crippen LogP contribution in [0.4, 0.5) is 0 Å². The lowest BCUT2D eigenvalue weighted by Crippen LogP contribution is -2.43. The summed E-state index contributed by atoms with van der Waals surface area (Å²) >= 11 is 0. The molecule has 0 saturated heterocycles. The molecule has 0 atom stereocenters. The number of hydrogen-bond donors (Lipinski definition) is 0. The number of benzene rings is 1. The molecule has 2 amide bonds. The maximum atomic E-state index is 12.3. The third-order valence-electron chi connectivity index (χ3n) is 3.38. The Kier molecular flexibility index (Phi) is 4.71. The van der Waals surface area contributed by atoms with E-state index in [-0.39, 0.29) is 18.5 Å². The molecule has 1 aliphatic rings. The Hall–Kier alpha value is -2.19. The molecule has 0 spiro atoms. The van der Waals surface area contributed by atoms with E-state index in [1.807, 2.05) is 4.90 Å². The fourth-order valence-electron chi connectivity index (χ4n) is 2.51. The molecule has 0 unspecified atom stereocenters. The average Bonchev–Trinajstić information content (AvgIpc) is 2.70. The van der Waals surface area contributed by atoms with Gasteiger partial charge in [0, 0.05) is 19.5 Å². The highest BCUT2D eigenvalue weighted by Crippen LogP contribution is 2.22. The average molecular weight is 285 g/mol. The number of rotatable bonds is 6.